The molecule has 0 aliphatic carbocycles. The van der Waals surface area contributed by atoms with E-state index in [0.29, 0.717) is 11.1 Å². The van der Waals surface area contributed by atoms with Crippen molar-refractivity contribution in [1.29, 1.82) is 5.41 Å². The largest absolute Gasteiger partial charge is 0.748 e. The molecule has 0 amide bonds. The SMILES string of the molecule is N=C(N)c1ccc(CS(=O)(=O)[O-])cc1. The van der Waals surface area contributed by atoms with Crippen LogP contribution in [-0.2, 0) is 15.9 Å². The smallest absolute Gasteiger partial charge is 0.122 e. The number of nitrogens with one attached hydrogen (secondary N) is 1. The van der Waals surface area contributed by atoms with Crippen molar-refractivity contribution in [3.63, 3.8) is 0 Å². The van der Waals surface area contributed by atoms with Crippen molar-refractivity contribution in [3.8, 4) is 0 Å². The second-order valence-electron chi connectivity index (χ2n) is 2.81. The molecule has 0 radical (unpaired) electrons. The summed E-state index contributed by atoms with van der Waals surface area (Å²) in [5.74, 6) is -0.632. The van der Waals surface area contributed by atoms with Crippen LogP contribution in [0.25, 0.3) is 0 Å². The number of benzene rings is 1. The van der Waals surface area contributed by atoms with Crippen LogP contribution in [-0.4, -0.2) is 18.8 Å². The molecule has 0 aliphatic heterocycles. The molecule has 0 heterocycles. The lowest BCUT2D eigenvalue weighted by molar-refractivity contribution is 0.462. The summed E-state index contributed by atoms with van der Waals surface area (Å²) >= 11 is 0. The second-order valence-corrected chi connectivity index (χ2v) is 4.22. The molecule has 3 N–H and O–H groups in total. The summed E-state index contributed by atoms with van der Waals surface area (Å²) < 4.78 is 31.2. The van der Waals surface area contributed by atoms with Crippen LogP contribution in [0.2, 0.25) is 0 Å². The minimum absolute atomic E-state index is 0.0958. The Morgan fingerprint density at radius 3 is 2.21 bits per heavy atom. The number of hydrogen-bond acceptors (Lipinski definition) is 4. The van der Waals surface area contributed by atoms with E-state index in [1.807, 2.05) is 0 Å². The molecule has 0 atom stereocenters. The van der Waals surface area contributed by atoms with Crippen molar-refractivity contribution >= 4 is 16.0 Å². The zero-order valence-corrected chi connectivity index (χ0v) is 8.04. The van der Waals surface area contributed by atoms with Gasteiger partial charge in [-0.25, -0.2) is 8.42 Å². The number of amidine groups is 1. The Morgan fingerprint density at radius 1 is 1.36 bits per heavy atom. The van der Waals surface area contributed by atoms with E-state index < -0.39 is 15.9 Å². The standard InChI is InChI=1S/C8H10N2O3S/c9-8(10)7-3-1-6(2-4-7)5-14(11,12)13/h1-4H,5H2,(H3,9,10)(H,11,12,13)/p-1. The third-order valence-electron chi connectivity index (χ3n) is 1.61. The van der Waals surface area contributed by atoms with Crippen molar-refractivity contribution in [3.05, 3.63) is 35.4 Å². The fraction of sp³-hybridized carbons (Fsp3) is 0.125. The average Bonchev–Trinajstić information content (AvgIpc) is 2.02. The van der Waals surface area contributed by atoms with Crippen molar-refractivity contribution in [2.45, 2.75) is 5.75 Å². The molecule has 0 saturated carbocycles. The van der Waals surface area contributed by atoms with Crippen LogP contribution in [0.5, 0.6) is 0 Å². The lowest BCUT2D eigenvalue weighted by Crippen LogP contribution is -2.11. The summed E-state index contributed by atoms with van der Waals surface area (Å²) in [5, 5.41) is 7.08. The van der Waals surface area contributed by atoms with Crippen LogP contribution in [0.1, 0.15) is 11.1 Å². The van der Waals surface area contributed by atoms with Gasteiger partial charge in [0.15, 0.2) is 0 Å². The van der Waals surface area contributed by atoms with E-state index in [9.17, 15) is 13.0 Å². The molecule has 1 aromatic carbocycles. The molecule has 0 aromatic heterocycles. The highest BCUT2D eigenvalue weighted by Gasteiger charge is 2.00. The lowest BCUT2D eigenvalue weighted by atomic mass is 10.1. The van der Waals surface area contributed by atoms with Gasteiger partial charge in [0.2, 0.25) is 0 Å². The Kier molecular flexibility index (Phi) is 2.87. The van der Waals surface area contributed by atoms with Crippen LogP contribution >= 0.6 is 0 Å². The first-order valence-corrected chi connectivity index (χ1v) is 5.33. The van der Waals surface area contributed by atoms with Gasteiger partial charge >= 0.3 is 0 Å². The molecule has 6 heteroatoms. The van der Waals surface area contributed by atoms with Gasteiger partial charge in [0.1, 0.15) is 5.84 Å². The number of nitrogen functional groups attached to an aromatic ring is 1. The van der Waals surface area contributed by atoms with Crippen molar-refractivity contribution < 1.29 is 13.0 Å². The molecule has 0 spiro atoms. The van der Waals surface area contributed by atoms with Gasteiger partial charge < -0.3 is 10.3 Å². The summed E-state index contributed by atoms with van der Waals surface area (Å²) in [7, 11) is -4.25. The maximum absolute atomic E-state index is 10.4. The highest BCUT2D eigenvalue weighted by atomic mass is 32.2. The van der Waals surface area contributed by atoms with Gasteiger partial charge in [0, 0.05) is 5.56 Å². The molecule has 1 rings (SSSR count). The van der Waals surface area contributed by atoms with Crippen LogP contribution in [0.4, 0.5) is 0 Å². The minimum Gasteiger partial charge on any atom is -0.748 e. The first-order chi connectivity index (χ1) is 6.38. The Balaban J connectivity index is 2.90. The van der Waals surface area contributed by atoms with Gasteiger partial charge in [0.25, 0.3) is 0 Å². The van der Waals surface area contributed by atoms with Crippen LogP contribution in [0.15, 0.2) is 24.3 Å². The summed E-state index contributed by atoms with van der Waals surface area (Å²) in [6.45, 7) is 0. The molecule has 0 fully saturated rings. The zero-order valence-electron chi connectivity index (χ0n) is 7.23. The van der Waals surface area contributed by atoms with Crippen molar-refractivity contribution in [1.82, 2.24) is 0 Å². The monoisotopic (exact) mass is 213 g/mol. The first kappa shape index (κ1) is 10.7. The molecule has 0 unspecified atom stereocenters. The van der Waals surface area contributed by atoms with Crippen LogP contribution in [0, 0.1) is 5.41 Å². The second kappa shape index (κ2) is 3.77. The number of hydrogen-bond donors (Lipinski definition) is 2. The molecule has 5 nitrogen and oxygen atoms in total. The predicted octanol–water partition coefficient (Wildman–Crippen LogP) is 0.0159. The Labute approximate surface area is 81.8 Å². The van der Waals surface area contributed by atoms with E-state index >= 15 is 0 Å². The average molecular weight is 213 g/mol. The summed E-state index contributed by atoms with van der Waals surface area (Å²) in [6.07, 6.45) is 0. The van der Waals surface area contributed by atoms with Gasteiger partial charge in [0.05, 0.1) is 15.9 Å². The minimum atomic E-state index is -4.25. The predicted molar refractivity (Wildman–Crippen MR) is 50.9 cm³/mol. The van der Waals surface area contributed by atoms with Gasteiger partial charge in [-0.2, -0.15) is 0 Å². The third-order valence-corrected chi connectivity index (χ3v) is 2.30. The Hall–Kier alpha value is -1.40. The summed E-state index contributed by atoms with van der Waals surface area (Å²) in [5.41, 5.74) is 6.09. The van der Waals surface area contributed by atoms with Crippen molar-refractivity contribution in [2.75, 3.05) is 0 Å². The van der Waals surface area contributed by atoms with Gasteiger partial charge in [-0.15, -0.1) is 0 Å². The first-order valence-electron chi connectivity index (χ1n) is 3.75. The van der Waals surface area contributed by atoms with E-state index in [2.05, 4.69) is 0 Å². The summed E-state index contributed by atoms with van der Waals surface area (Å²) in [6, 6.07) is 5.93. The summed E-state index contributed by atoms with van der Waals surface area (Å²) in [4.78, 5) is 0. The fourth-order valence-electron chi connectivity index (χ4n) is 0.985. The maximum atomic E-state index is 10.4. The molecular weight excluding hydrogens is 204 g/mol. The van der Waals surface area contributed by atoms with E-state index in [0.717, 1.165) is 0 Å². The molecule has 14 heavy (non-hydrogen) atoms. The topological polar surface area (TPSA) is 107 Å². The highest BCUT2D eigenvalue weighted by molar-refractivity contribution is 7.84. The Morgan fingerprint density at radius 2 is 1.86 bits per heavy atom. The molecule has 0 bridgehead atoms. The third kappa shape index (κ3) is 3.15. The molecule has 1 aromatic rings. The quantitative estimate of drug-likeness (QED) is 0.419. The fourth-order valence-corrected chi connectivity index (χ4v) is 1.59. The lowest BCUT2D eigenvalue weighted by Gasteiger charge is -2.06. The van der Waals surface area contributed by atoms with Crippen molar-refractivity contribution in [2.24, 2.45) is 5.73 Å². The molecule has 76 valence electrons. The maximum Gasteiger partial charge on any atom is 0.122 e. The molecule has 0 saturated heterocycles. The molecular formula is C8H9N2O3S-. The number of nitrogens with two attached hydrogens (primary N) is 1. The van der Waals surface area contributed by atoms with E-state index in [-0.39, 0.29) is 5.84 Å². The van der Waals surface area contributed by atoms with Crippen LogP contribution < -0.4 is 5.73 Å². The van der Waals surface area contributed by atoms with Gasteiger partial charge in [-0.1, -0.05) is 24.3 Å². The van der Waals surface area contributed by atoms with E-state index in [4.69, 9.17) is 11.1 Å². The zero-order chi connectivity index (χ0) is 10.8. The number of rotatable bonds is 3. The normalized spacial score (nSPS) is 11.2. The van der Waals surface area contributed by atoms with Gasteiger partial charge in [-0.05, 0) is 5.56 Å². The molecule has 0 aliphatic rings. The van der Waals surface area contributed by atoms with Gasteiger partial charge in [-0.3, -0.25) is 5.41 Å². The highest BCUT2D eigenvalue weighted by Crippen LogP contribution is 2.06. The van der Waals surface area contributed by atoms with Crippen LogP contribution in [0.3, 0.4) is 0 Å². The Bertz CT molecular complexity index is 436. The van der Waals surface area contributed by atoms with E-state index in [1.54, 1.807) is 0 Å². The van der Waals surface area contributed by atoms with E-state index in [1.165, 1.54) is 24.3 Å².